The van der Waals surface area contributed by atoms with Gasteiger partial charge < -0.3 is 5.32 Å². The lowest BCUT2D eigenvalue weighted by Gasteiger charge is -2.39. The molecule has 1 N–H and O–H groups in total. The lowest BCUT2D eigenvalue weighted by molar-refractivity contribution is 0.0998. The van der Waals surface area contributed by atoms with Crippen molar-refractivity contribution >= 4 is 0 Å². The lowest BCUT2D eigenvalue weighted by atomic mass is 9.65. The molecular formula is C14H23N. The molecule has 84 valence electrons. The van der Waals surface area contributed by atoms with E-state index < -0.39 is 0 Å². The molecule has 1 heterocycles. The predicted octanol–water partition coefficient (Wildman–Crippen LogP) is 2.96. The van der Waals surface area contributed by atoms with Gasteiger partial charge in [0.15, 0.2) is 0 Å². The van der Waals surface area contributed by atoms with E-state index in [2.05, 4.69) is 19.2 Å². The predicted molar refractivity (Wildman–Crippen MR) is 61.7 cm³/mol. The van der Waals surface area contributed by atoms with E-state index in [0.29, 0.717) is 0 Å². The molecule has 0 atom stereocenters. The zero-order valence-electron chi connectivity index (χ0n) is 10.2. The van der Waals surface area contributed by atoms with Crippen molar-refractivity contribution in [3.05, 3.63) is 0 Å². The molecule has 1 aliphatic heterocycles. The molecule has 4 aliphatic carbocycles. The summed E-state index contributed by atoms with van der Waals surface area (Å²) in [4.78, 5) is 0. The summed E-state index contributed by atoms with van der Waals surface area (Å²) >= 11 is 0. The van der Waals surface area contributed by atoms with E-state index in [9.17, 15) is 0 Å². The highest BCUT2D eigenvalue weighted by Gasteiger charge is 2.82. The van der Waals surface area contributed by atoms with Crippen LogP contribution >= 0.6 is 0 Å². The zero-order chi connectivity index (χ0) is 10.4. The SMILES string of the molecule is CCC12CC34CNCC3(C1)CC2(CC)C4. The van der Waals surface area contributed by atoms with Gasteiger partial charge in [0, 0.05) is 13.1 Å². The highest BCUT2D eigenvalue weighted by molar-refractivity contribution is 5.33. The van der Waals surface area contributed by atoms with Gasteiger partial charge in [-0.15, -0.1) is 0 Å². The second-order valence-corrected chi connectivity index (χ2v) is 7.14. The van der Waals surface area contributed by atoms with Crippen LogP contribution < -0.4 is 5.32 Å². The summed E-state index contributed by atoms with van der Waals surface area (Å²) in [5.74, 6) is 0. The van der Waals surface area contributed by atoms with Crippen LogP contribution in [0.15, 0.2) is 0 Å². The van der Waals surface area contributed by atoms with Crippen molar-refractivity contribution in [1.82, 2.24) is 5.32 Å². The maximum absolute atomic E-state index is 3.70. The van der Waals surface area contributed by atoms with Gasteiger partial charge in [-0.1, -0.05) is 13.8 Å². The Kier molecular flexibility index (Phi) is 1.30. The smallest absolute Gasteiger partial charge is 0.00143 e. The Morgan fingerprint density at radius 1 is 0.800 bits per heavy atom. The van der Waals surface area contributed by atoms with Crippen molar-refractivity contribution in [1.29, 1.82) is 0 Å². The maximum atomic E-state index is 3.70. The van der Waals surface area contributed by atoms with Crippen molar-refractivity contribution in [3.8, 4) is 0 Å². The van der Waals surface area contributed by atoms with Crippen LogP contribution in [0.1, 0.15) is 52.4 Å². The first-order valence-corrected chi connectivity index (χ1v) is 6.86. The Bertz CT molecular complexity index is 286. The third kappa shape index (κ3) is 0.638. The van der Waals surface area contributed by atoms with Crippen molar-refractivity contribution in [2.45, 2.75) is 52.4 Å². The van der Waals surface area contributed by atoms with E-state index in [1.807, 2.05) is 0 Å². The van der Waals surface area contributed by atoms with Gasteiger partial charge in [0.25, 0.3) is 0 Å². The Morgan fingerprint density at radius 3 is 1.53 bits per heavy atom. The Labute approximate surface area is 93.0 Å². The van der Waals surface area contributed by atoms with Crippen LogP contribution in [0.3, 0.4) is 0 Å². The molecule has 0 aromatic heterocycles. The van der Waals surface area contributed by atoms with Crippen LogP contribution in [0.2, 0.25) is 0 Å². The van der Waals surface area contributed by atoms with Gasteiger partial charge in [-0.05, 0) is 60.2 Å². The van der Waals surface area contributed by atoms with E-state index >= 15 is 0 Å². The summed E-state index contributed by atoms with van der Waals surface area (Å²) in [7, 11) is 0. The monoisotopic (exact) mass is 205 g/mol. The minimum atomic E-state index is 0.749. The van der Waals surface area contributed by atoms with Gasteiger partial charge in [-0.2, -0.15) is 0 Å². The molecule has 2 spiro atoms. The molecule has 5 rings (SSSR count). The van der Waals surface area contributed by atoms with Crippen molar-refractivity contribution in [2.24, 2.45) is 21.7 Å². The second-order valence-electron chi connectivity index (χ2n) is 7.14. The molecule has 1 saturated heterocycles. The average molecular weight is 205 g/mol. The molecule has 1 nitrogen and oxygen atoms in total. The first-order valence-electron chi connectivity index (χ1n) is 6.86. The summed E-state index contributed by atoms with van der Waals surface area (Å²) < 4.78 is 0. The molecule has 0 aromatic rings. The number of nitrogens with one attached hydrogen (secondary N) is 1. The number of hydrogen-bond donors (Lipinski definition) is 1. The van der Waals surface area contributed by atoms with Crippen LogP contribution in [0.4, 0.5) is 0 Å². The van der Waals surface area contributed by atoms with Crippen molar-refractivity contribution < 1.29 is 0 Å². The summed E-state index contributed by atoms with van der Waals surface area (Å²) in [6.07, 6.45) is 9.16. The summed E-state index contributed by atoms with van der Waals surface area (Å²) in [5, 5.41) is 3.70. The van der Waals surface area contributed by atoms with Gasteiger partial charge in [0.1, 0.15) is 0 Å². The quantitative estimate of drug-likeness (QED) is 0.731. The van der Waals surface area contributed by atoms with Crippen LogP contribution in [0, 0.1) is 21.7 Å². The third-order valence-corrected chi connectivity index (χ3v) is 7.24. The first kappa shape index (κ1) is 9.04. The molecule has 15 heavy (non-hydrogen) atoms. The molecule has 5 aliphatic rings. The molecule has 0 radical (unpaired) electrons. The fourth-order valence-electron chi connectivity index (χ4n) is 6.76. The normalized spacial score (nSPS) is 64.4. The highest BCUT2D eigenvalue weighted by atomic mass is 15.0. The average Bonchev–Trinajstić information content (AvgIpc) is 2.85. The third-order valence-electron chi connectivity index (χ3n) is 7.24. The van der Waals surface area contributed by atoms with E-state index in [1.165, 1.54) is 25.9 Å². The van der Waals surface area contributed by atoms with Crippen LogP contribution in [-0.4, -0.2) is 13.1 Å². The summed E-state index contributed by atoms with van der Waals surface area (Å²) in [5.41, 5.74) is 3.03. The van der Waals surface area contributed by atoms with Crippen LogP contribution in [0.25, 0.3) is 0 Å². The molecule has 5 fully saturated rings. The molecule has 4 bridgehead atoms. The number of rotatable bonds is 2. The highest BCUT2D eigenvalue weighted by Crippen LogP contribution is 2.88. The van der Waals surface area contributed by atoms with Gasteiger partial charge in [0.05, 0.1) is 0 Å². The number of hydrogen-bond acceptors (Lipinski definition) is 1. The Balaban J connectivity index is 1.91. The molecule has 0 aromatic carbocycles. The molecule has 0 unspecified atom stereocenters. The fourth-order valence-corrected chi connectivity index (χ4v) is 6.76. The van der Waals surface area contributed by atoms with Crippen molar-refractivity contribution in [3.63, 3.8) is 0 Å². The summed E-state index contributed by atoms with van der Waals surface area (Å²) in [6.45, 7) is 7.60. The minimum Gasteiger partial charge on any atom is -0.316 e. The topological polar surface area (TPSA) is 12.0 Å². The minimum absolute atomic E-state index is 0.749. The fraction of sp³-hybridized carbons (Fsp3) is 1.00. The standard InChI is InChI=1S/C14H23N/c1-3-11-5-13-7-12(11,4-2)8-14(13,6-11)10-15-9-13/h15H,3-10H2,1-2H3. The molecule has 1 heteroatoms. The summed E-state index contributed by atoms with van der Waals surface area (Å²) in [6, 6.07) is 0. The van der Waals surface area contributed by atoms with Gasteiger partial charge in [0.2, 0.25) is 0 Å². The van der Waals surface area contributed by atoms with Crippen molar-refractivity contribution in [2.75, 3.05) is 13.1 Å². The molecule has 0 amide bonds. The van der Waals surface area contributed by atoms with Gasteiger partial charge >= 0.3 is 0 Å². The van der Waals surface area contributed by atoms with Gasteiger partial charge in [-0.25, -0.2) is 0 Å². The maximum Gasteiger partial charge on any atom is 0.00143 e. The first-order chi connectivity index (χ1) is 7.16. The Hall–Kier alpha value is -0.0400. The van der Waals surface area contributed by atoms with Crippen LogP contribution in [0.5, 0.6) is 0 Å². The van der Waals surface area contributed by atoms with E-state index in [-0.39, 0.29) is 0 Å². The second kappa shape index (κ2) is 2.16. The van der Waals surface area contributed by atoms with E-state index in [0.717, 1.165) is 21.7 Å². The van der Waals surface area contributed by atoms with Crippen LogP contribution in [-0.2, 0) is 0 Å². The van der Waals surface area contributed by atoms with E-state index in [4.69, 9.17) is 0 Å². The molecule has 4 saturated carbocycles. The lowest BCUT2D eigenvalue weighted by Crippen LogP contribution is -2.30. The largest absolute Gasteiger partial charge is 0.316 e. The Morgan fingerprint density at radius 2 is 1.20 bits per heavy atom. The zero-order valence-corrected chi connectivity index (χ0v) is 10.2. The van der Waals surface area contributed by atoms with E-state index in [1.54, 1.807) is 25.7 Å². The molecular weight excluding hydrogens is 182 g/mol. The van der Waals surface area contributed by atoms with Gasteiger partial charge in [-0.3, -0.25) is 0 Å².